The van der Waals surface area contributed by atoms with Crippen LogP contribution in [0.15, 0.2) is 6.33 Å². The molecule has 0 unspecified atom stereocenters. The molecule has 0 aliphatic carbocycles. The lowest BCUT2D eigenvalue weighted by molar-refractivity contribution is 0.0657. The molecule has 0 bridgehead atoms. The third-order valence-corrected chi connectivity index (χ3v) is 3.53. The van der Waals surface area contributed by atoms with Gasteiger partial charge in [0.05, 0.1) is 6.33 Å². The van der Waals surface area contributed by atoms with Crippen LogP contribution in [0.25, 0.3) is 11.2 Å². The van der Waals surface area contributed by atoms with Crippen LogP contribution in [0.1, 0.15) is 19.8 Å². The van der Waals surface area contributed by atoms with E-state index in [1.165, 1.54) is 0 Å². The van der Waals surface area contributed by atoms with Gasteiger partial charge in [0.1, 0.15) is 5.52 Å². The van der Waals surface area contributed by atoms with Gasteiger partial charge in [0, 0.05) is 25.8 Å². The van der Waals surface area contributed by atoms with Crippen molar-refractivity contribution >= 4 is 22.9 Å². The minimum atomic E-state index is -0.00431. The zero-order valence-electron chi connectivity index (χ0n) is 11.2. The van der Waals surface area contributed by atoms with Gasteiger partial charge in [-0.15, -0.1) is 0 Å². The van der Waals surface area contributed by atoms with Crippen molar-refractivity contribution in [2.45, 2.75) is 25.3 Å². The van der Waals surface area contributed by atoms with E-state index in [1.54, 1.807) is 13.4 Å². The van der Waals surface area contributed by atoms with Crippen LogP contribution in [0.4, 0.5) is 11.8 Å². The number of aromatic amines is 1. The van der Waals surface area contributed by atoms with E-state index in [-0.39, 0.29) is 5.54 Å². The van der Waals surface area contributed by atoms with Crippen LogP contribution >= 0.6 is 0 Å². The molecule has 3 rings (SSSR count). The number of aromatic nitrogens is 4. The second kappa shape index (κ2) is 4.65. The molecule has 2 aromatic heterocycles. The normalized spacial score (nSPS) is 18.4. The molecule has 3 heterocycles. The third-order valence-electron chi connectivity index (χ3n) is 3.53. The molecule has 1 saturated heterocycles. The Morgan fingerprint density at radius 3 is 2.84 bits per heavy atom. The van der Waals surface area contributed by atoms with Gasteiger partial charge in [0.25, 0.3) is 0 Å². The summed E-state index contributed by atoms with van der Waals surface area (Å²) >= 11 is 0. The Labute approximate surface area is 111 Å². The summed E-state index contributed by atoms with van der Waals surface area (Å²) < 4.78 is 5.41. The highest BCUT2D eigenvalue weighted by Gasteiger charge is 2.28. The molecule has 0 amide bonds. The van der Waals surface area contributed by atoms with Gasteiger partial charge in [-0.25, -0.2) is 4.98 Å². The molecule has 1 aliphatic rings. The Morgan fingerprint density at radius 1 is 1.32 bits per heavy atom. The van der Waals surface area contributed by atoms with E-state index in [1.807, 2.05) is 0 Å². The van der Waals surface area contributed by atoms with Gasteiger partial charge in [0.15, 0.2) is 11.5 Å². The predicted octanol–water partition coefficient (Wildman–Crippen LogP) is 1.38. The second-order valence-corrected chi connectivity index (χ2v) is 5.04. The van der Waals surface area contributed by atoms with Crippen LogP contribution < -0.4 is 10.6 Å². The van der Waals surface area contributed by atoms with E-state index in [0.717, 1.165) is 37.4 Å². The molecule has 1 fully saturated rings. The Balaban J connectivity index is 1.96. The maximum absolute atomic E-state index is 5.41. The molecule has 0 saturated carbocycles. The zero-order chi connectivity index (χ0) is 13.3. The third kappa shape index (κ3) is 2.33. The number of imidazole rings is 1. The minimum absolute atomic E-state index is 0.00431. The van der Waals surface area contributed by atoms with Crippen LogP contribution in [-0.4, -0.2) is 45.7 Å². The van der Waals surface area contributed by atoms with Crippen LogP contribution in [0.2, 0.25) is 0 Å². The number of rotatable bonds is 3. The largest absolute Gasteiger partial charge is 0.381 e. The van der Waals surface area contributed by atoms with Gasteiger partial charge < -0.3 is 20.4 Å². The van der Waals surface area contributed by atoms with Crippen molar-refractivity contribution in [3.05, 3.63) is 6.33 Å². The molecule has 3 N–H and O–H groups in total. The van der Waals surface area contributed by atoms with E-state index >= 15 is 0 Å². The van der Waals surface area contributed by atoms with Gasteiger partial charge >= 0.3 is 0 Å². The fourth-order valence-corrected chi connectivity index (χ4v) is 2.27. The van der Waals surface area contributed by atoms with Gasteiger partial charge in [0.2, 0.25) is 5.95 Å². The SMILES string of the molecule is CNc1nc(NC2(C)CCOCC2)c2[nH]cnc2n1. The van der Waals surface area contributed by atoms with E-state index in [0.29, 0.717) is 11.6 Å². The molecule has 2 aromatic rings. The molecule has 102 valence electrons. The average molecular weight is 262 g/mol. The lowest BCUT2D eigenvalue weighted by Gasteiger charge is -2.35. The smallest absolute Gasteiger partial charge is 0.226 e. The zero-order valence-corrected chi connectivity index (χ0v) is 11.2. The number of anilines is 2. The van der Waals surface area contributed by atoms with Crippen molar-refractivity contribution < 1.29 is 4.74 Å². The van der Waals surface area contributed by atoms with Gasteiger partial charge in [-0.1, -0.05) is 0 Å². The first-order chi connectivity index (χ1) is 9.20. The van der Waals surface area contributed by atoms with Crippen molar-refractivity contribution in [2.75, 3.05) is 30.9 Å². The summed E-state index contributed by atoms with van der Waals surface area (Å²) in [5, 5.41) is 6.48. The Kier molecular flexibility index (Phi) is 2.98. The van der Waals surface area contributed by atoms with Crippen molar-refractivity contribution in [1.29, 1.82) is 0 Å². The van der Waals surface area contributed by atoms with Crippen molar-refractivity contribution in [3.63, 3.8) is 0 Å². The summed E-state index contributed by atoms with van der Waals surface area (Å²) in [6, 6.07) is 0. The molecule has 7 nitrogen and oxygen atoms in total. The summed E-state index contributed by atoms with van der Waals surface area (Å²) in [6.45, 7) is 3.75. The minimum Gasteiger partial charge on any atom is -0.381 e. The summed E-state index contributed by atoms with van der Waals surface area (Å²) in [6.07, 6.45) is 3.55. The summed E-state index contributed by atoms with van der Waals surface area (Å²) in [5.74, 6) is 1.36. The number of hydrogen-bond acceptors (Lipinski definition) is 6. The predicted molar refractivity (Wildman–Crippen MR) is 73.3 cm³/mol. The molecule has 19 heavy (non-hydrogen) atoms. The van der Waals surface area contributed by atoms with Gasteiger partial charge in [-0.05, 0) is 19.8 Å². The van der Waals surface area contributed by atoms with Crippen LogP contribution in [0, 0.1) is 0 Å². The van der Waals surface area contributed by atoms with Crippen molar-refractivity contribution in [2.24, 2.45) is 0 Å². The van der Waals surface area contributed by atoms with Crippen LogP contribution in [0.3, 0.4) is 0 Å². The monoisotopic (exact) mass is 262 g/mol. The summed E-state index contributed by atoms with van der Waals surface area (Å²) in [5.41, 5.74) is 1.50. The van der Waals surface area contributed by atoms with Gasteiger partial charge in [-0.2, -0.15) is 9.97 Å². The number of nitrogens with one attached hydrogen (secondary N) is 3. The van der Waals surface area contributed by atoms with Gasteiger partial charge in [-0.3, -0.25) is 0 Å². The molecule has 0 aromatic carbocycles. The molecule has 7 heteroatoms. The Morgan fingerprint density at radius 2 is 2.11 bits per heavy atom. The first kappa shape index (κ1) is 12.2. The standard InChI is InChI=1S/C12H18N6O/c1-12(3-5-19-6-4-12)18-10-8-9(15-7-14-8)16-11(13-2)17-10/h7H,3-6H2,1-2H3,(H3,13,14,15,16,17,18). The molecule has 0 spiro atoms. The molecule has 0 radical (unpaired) electrons. The van der Waals surface area contributed by atoms with E-state index in [9.17, 15) is 0 Å². The fourth-order valence-electron chi connectivity index (χ4n) is 2.27. The van der Waals surface area contributed by atoms with Crippen molar-refractivity contribution in [3.8, 4) is 0 Å². The quantitative estimate of drug-likeness (QED) is 0.774. The first-order valence-corrected chi connectivity index (χ1v) is 6.45. The van der Waals surface area contributed by atoms with E-state index in [4.69, 9.17) is 4.74 Å². The number of H-pyrrole nitrogens is 1. The maximum atomic E-state index is 5.41. The maximum Gasteiger partial charge on any atom is 0.226 e. The molecule has 0 atom stereocenters. The van der Waals surface area contributed by atoms with Crippen LogP contribution in [0.5, 0.6) is 0 Å². The second-order valence-electron chi connectivity index (χ2n) is 5.04. The van der Waals surface area contributed by atoms with E-state index in [2.05, 4.69) is 37.5 Å². The lowest BCUT2D eigenvalue weighted by Crippen LogP contribution is -2.41. The number of nitrogens with zero attached hydrogens (tertiary/aromatic N) is 3. The highest BCUT2D eigenvalue weighted by Crippen LogP contribution is 2.27. The lowest BCUT2D eigenvalue weighted by atomic mass is 9.92. The molecule has 1 aliphatic heterocycles. The molecular weight excluding hydrogens is 244 g/mol. The van der Waals surface area contributed by atoms with E-state index < -0.39 is 0 Å². The highest BCUT2D eigenvalue weighted by atomic mass is 16.5. The highest BCUT2D eigenvalue weighted by molar-refractivity contribution is 5.84. The first-order valence-electron chi connectivity index (χ1n) is 6.45. The number of fused-ring (bicyclic) bond motifs is 1. The topological polar surface area (TPSA) is 87.8 Å². The van der Waals surface area contributed by atoms with Crippen molar-refractivity contribution in [1.82, 2.24) is 19.9 Å². The Bertz CT molecular complexity index is 575. The molecular formula is C12H18N6O. The number of ether oxygens (including phenoxy) is 1. The summed E-state index contributed by atoms with van der Waals surface area (Å²) in [4.78, 5) is 16.1. The Hall–Kier alpha value is -1.89. The summed E-state index contributed by atoms with van der Waals surface area (Å²) in [7, 11) is 1.80. The fraction of sp³-hybridized carbons (Fsp3) is 0.583. The average Bonchev–Trinajstić information content (AvgIpc) is 2.87. The van der Waals surface area contributed by atoms with Crippen LogP contribution in [-0.2, 0) is 4.74 Å². The number of hydrogen-bond donors (Lipinski definition) is 3.